The Morgan fingerprint density at radius 1 is 1.27 bits per heavy atom. The molecule has 0 radical (unpaired) electrons. The molecule has 0 atom stereocenters. The minimum absolute atomic E-state index is 0.0479. The number of carbonyl (C=O) groups excluding carboxylic acids is 2. The van der Waals surface area contributed by atoms with Crippen molar-refractivity contribution in [2.45, 2.75) is 31.6 Å². The maximum Gasteiger partial charge on any atom is 0.344 e. The van der Waals surface area contributed by atoms with Crippen LogP contribution in [-0.4, -0.2) is 34.9 Å². The smallest absolute Gasteiger partial charge is 0.344 e. The summed E-state index contributed by atoms with van der Waals surface area (Å²) < 4.78 is 5.00. The molecular weight excluding hydrogens is 370 g/mol. The molecule has 0 saturated carbocycles. The minimum Gasteiger partial charge on any atom is -0.506 e. The van der Waals surface area contributed by atoms with Crippen LogP contribution in [0.1, 0.15) is 32.3 Å². The van der Waals surface area contributed by atoms with E-state index in [4.69, 9.17) is 4.74 Å². The van der Waals surface area contributed by atoms with Crippen molar-refractivity contribution in [2.75, 3.05) is 12.9 Å². The van der Waals surface area contributed by atoms with Gasteiger partial charge in [0, 0.05) is 11.3 Å². The molecule has 2 rings (SSSR count). The zero-order chi connectivity index (χ0) is 19.1. The van der Waals surface area contributed by atoms with E-state index < -0.39 is 5.97 Å². The second-order valence-electron chi connectivity index (χ2n) is 5.39. The average Bonchev–Trinajstić information content (AvgIpc) is 2.91. The largest absolute Gasteiger partial charge is 0.506 e. The Bertz CT molecular complexity index is 779. The fourth-order valence-corrected chi connectivity index (χ4v) is 3.67. The Labute approximate surface area is 161 Å². The van der Waals surface area contributed by atoms with Crippen molar-refractivity contribution in [1.82, 2.24) is 0 Å². The van der Waals surface area contributed by atoms with Crippen molar-refractivity contribution in [2.24, 2.45) is 4.99 Å². The Kier molecular flexibility index (Phi) is 7.53. The van der Waals surface area contributed by atoms with Crippen LogP contribution in [0, 0.1) is 0 Å². The van der Waals surface area contributed by atoms with E-state index in [1.54, 1.807) is 24.8 Å². The first kappa shape index (κ1) is 20.3. The predicted molar refractivity (Wildman–Crippen MR) is 107 cm³/mol. The van der Waals surface area contributed by atoms with Crippen molar-refractivity contribution >= 4 is 46.5 Å². The number of hydrogen-bond acceptors (Lipinski definition) is 6. The number of aliphatic imine (C=N–C) groups is 1. The van der Waals surface area contributed by atoms with Crippen LogP contribution in [0.5, 0.6) is 0 Å². The van der Waals surface area contributed by atoms with Crippen LogP contribution in [0.25, 0.3) is 6.08 Å². The van der Waals surface area contributed by atoms with E-state index in [0.29, 0.717) is 11.3 Å². The number of aliphatic hydroxyl groups is 1. The number of benzene rings is 1. The van der Waals surface area contributed by atoms with E-state index in [9.17, 15) is 14.7 Å². The van der Waals surface area contributed by atoms with Gasteiger partial charge in [-0.25, -0.2) is 9.79 Å². The van der Waals surface area contributed by atoms with E-state index in [0.717, 1.165) is 22.2 Å². The predicted octanol–water partition coefficient (Wildman–Crippen LogP) is 4.60. The fourth-order valence-electron chi connectivity index (χ4n) is 2.23. The maximum absolute atomic E-state index is 12.2. The van der Waals surface area contributed by atoms with Crippen LogP contribution in [0.3, 0.4) is 0 Å². The zero-order valence-corrected chi connectivity index (χ0v) is 16.6. The molecule has 5 nitrogen and oxygen atoms in total. The molecule has 1 aromatic rings. The summed E-state index contributed by atoms with van der Waals surface area (Å²) >= 11 is 2.74. The third-order valence-electron chi connectivity index (χ3n) is 3.47. The summed E-state index contributed by atoms with van der Waals surface area (Å²) in [7, 11) is 0. The van der Waals surface area contributed by atoms with Crippen LogP contribution >= 0.6 is 23.5 Å². The summed E-state index contributed by atoms with van der Waals surface area (Å²) in [5.41, 5.74) is 0.828. The summed E-state index contributed by atoms with van der Waals surface area (Å²) in [6.07, 6.45) is 4.71. The Morgan fingerprint density at radius 3 is 2.54 bits per heavy atom. The molecule has 1 N–H and O–H groups in total. The molecule has 0 fully saturated rings. The number of amides is 1. The molecule has 1 aliphatic rings. The lowest BCUT2D eigenvalue weighted by atomic mass is 10.1. The average molecular weight is 392 g/mol. The number of thioether (sulfide) groups is 2. The van der Waals surface area contributed by atoms with Crippen molar-refractivity contribution in [3.63, 3.8) is 0 Å². The molecule has 0 aliphatic carbocycles. The highest BCUT2D eigenvalue weighted by molar-refractivity contribution is 8.18. The lowest BCUT2D eigenvalue weighted by Gasteiger charge is -2.03. The van der Waals surface area contributed by atoms with Gasteiger partial charge in [-0.05, 0) is 43.4 Å². The van der Waals surface area contributed by atoms with Crippen molar-refractivity contribution in [3.8, 4) is 0 Å². The molecule has 0 spiro atoms. The van der Waals surface area contributed by atoms with Crippen molar-refractivity contribution in [1.29, 1.82) is 0 Å². The standard InChI is InChI=1S/C19H21NO4S2/c1-4-6-15(21)20-18-16(19(23)24-5-2)17(22)14(26-18)11-12-7-9-13(25-3)10-8-12/h7-11,22H,4-6H2,1-3H3/b14-11-,20-18?. The van der Waals surface area contributed by atoms with Crippen LogP contribution < -0.4 is 0 Å². The number of aliphatic hydroxyl groups excluding tert-OH is 1. The van der Waals surface area contributed by atoms with E-state index >= 15 is 0 Å². The summed E-state index contributed by atoms with van der Waals surface area (Å²) in [5, 5.41) is 10.7. The lowest BCUT2D eigenvalue weighted by Crippen LogP contribution is -2.14. The number of hydrogen-bond donors (Lipinski definition) is 1. The van der Waals surface area contributed by atoms with Crippen LogP contribution in [-0.2, 0) is 14.3 Å². The van der Waals surface area contributed by atoms with Crippen molar-refractivity contribution in [3.05, 3.63) is 46.1 Å². The molecule has 26 heavy (non-hydrogen) atoms. The molecular formula is C19H21NO4S2. The quantitative estimate of drug-likeness (QED) is 0.564. The normalized spacial score (nSPS) is 17.2. The number of nitrogens with zero attached hydrogens (tertiary/aromatic N) is 1. The third-order valence-corrected chi connectivity index (χ3v) is 5.24. The van der Waals surface area contributed by atoms with Gasteiger partial charge < -0.3 is 9.84 Å². The molecule has 1 amide bonds. The van der Waals surface area contributed by atoms with Crippen molar-refractivity contribution < 1.29 is 19.4 Å². The lowest BCUT2D eigenvalue weighted by molar-refractivity contribution is -0.138. The number of carbonyl (C=O) groups is 2. The molecule has 7 heteroatoms. The molecule has 1 aliphatic heterocycles. The summed E-state index contributed by atoms with van der Waals surface area (Å²) in [6, 6.07) is 7.80. The van der Waals surface area contributed by atoms with Gasteiger partial charge in [0.25, 0.3) is 0 Å². The van der Waals surface area contributed by atoms with Gasteiger partial charge in [0.1, 0.15) is 16.4 Å². The molecule has 0 saturated heterocycles. The molecule has 0 aromatic heterocycles. The van der Waals surface area contributed by atoms with Crippen LogP contribution in [0.4, 0.5) is 0 Å². The van der Waals surface area contributed by atoms with Gasteiger partial charge in [-0.3, -0.25) is 4.79 Å². The summed E-state index contributed by atoms with van der Waals surface area (Å²) in [5.74, 6) is -1.21. The van der Waals surface area contributed by atoms with Crippen LogP contribution in [0.15, 0.2) is 50.4 Å². The highest BCUT2D eigenvalue weighted by Gasteiger charge is 2.33. The Balaban J connectivity index is 2.40. The van der Waals surface area contributed by atoms with Gasteiger partial charge in [-0.2, -0.15) is 0 Å². The van der Waals surface area contributed by atoms with Gasteiger partial charge in [0.15, 0.2) is 0 Å². The molecule has 1 heterocycles. The highest BCUT2D eigenvalue weighted by Crippen LogP contribution is 2.39. The molecule has 138 valence electrons. The number of rotatable bonds is 6. The van der Waals surface area contributed by atoms with Crippen LogP contribution in [0.2, 0.25) is 0 Å². The number of esters is 1. The first-order chi connectivity index (χ1) is 12.5. The minimum atomic E-state index is -0.679. The second-order valence-corrected chi connectivity index (χ2v) is 7.30. The van der Waals surface area contributed by atoms with Gasteiger partial charge >= 0.3 is 5.97 Å². The number of ether oxygens (including phenoxy) is 1. The Hall–Kier alpha value is -1.99. The summed E-state index contributed by atoms with van der Waals surface area (Å²) in [6.45, 7) is 3.73. The van der Waals surface area contributed by atoms with E-state index in [2.05, 4.69) is 4.99 Å². The van der Waals surface area contributed by atoms with Gasteiger partial charge in [-0.15, -0.1) is 11.8 Å². The molecule has 0 unspecified atom stereocenters. The first-order valence-electron chi connectivity index (χ1n) is 8.26. The zero-order valence-electron chi connectivity index (χ0n) is 14.9. The second kappa shape index (κ2) is 9.64. The van der Waals surface area contributed by atoms with E-state index in [1.807, 2.05) is 37.4 Å². The topological polar surface area (TPSA) is 76.0 Å². The van der Waals surface area contributed by atoms with Gasteiger partial charge in [0.05, 0.1) is 11.5 Å². The molecule has 1 aromatic carbocycles. The highest BCUT2D eigenvalue weighted by atomic mass is 32.2. The first-order valence-corrected chi connectivity index (χ1v) is 10.3. The SMILES string of the molecule is CCCC(=O)N=C1S/C(=C\c2ccc(SC)cc2)C(O)=C1C(=O)OCC. The van der Waals surface area contributed by atoms with Gasteiger partial charge in [-0.1, -0.05) is 30.8 Å². The maximum atomic E-state index is 12.2. The monoisotopic (exact) mass is 391 g/mol. The fraction of sp³-hybridized carbons (Fsp3) is 0.316. The van der Waals surface area contributed by atoms with E-state index in [1.165, 1.54) is 0 Å². The van der Waals surface area contributed by atoms with Gasteiger partial charge in [0.2, 0.25) is 5.91 Å². The molecule has 0 bridgehead atoms. The third kappa shape index (κ3) is 5.02. The van der Waals surface area contributed by atoms with E-state index in [-0.39, 0.29) is 35.3 Å². The Morgan fingerprint density at radius 2 is 1.96 bits per heavy atom. The summed E-state index contributed by atoms with van der Waals surface area (Å²) in [4.78, 5) is 29.7.